The van der Waals surface area contributed by atoms with Gasteiger partial charge in [0.25, 0.3) is 0 Å². The standard InChI is InChI=1S/C37H16/c1-7-19-13-21-9-3-17-5-11-23-15-24-12-6-18-4-10-22-14-20-8-2-16(1)25-28(19)34-30(21)26(17)32(23)36-33(24)27(18)31(22)35(29(20)25)37(34)36/h1-15,37H. The maximum Gasteiger partial charge on any atom is 0.0378 e. The molecule has 3 aliphatic rings. The summed E-state index contributed by atoms with van der Waals surface area (Å²) < 4.78 is 0. The molecule has 0 fully saturated rings. The first kappa shape index (κ1) is 16.9. The topological polar surface area (TPSA) is 0 Å². The monoisotopic (exact) mass is 460 g/mol. The van der Waals surface area contributed by atoms with E-state index in [-0.39, 0.29) is 5.92 Å². The first-order valence-corrected chi connectivity index (χ1v) is 13.3. The predicted molar refractivity (Wildman–Crippen MR) is 158 cm³/mol. The van der Waals surface area contributed by atoms with Crippen molar-refractivity contribution in [3.05, 3.63) is 108 Å². The lowest BCUT2D eigenvalue weighted by Crippen LogP contribution is -2.16. The van der Waals surface area contributed by atoms with Crippen molar-refractivity contribution >= 4 is 97.0 Å². The highest BCUT2D eigenvalue weighted by molar-refractivity contribution is 6.40. The highest BCUT2D eigenvalue weighted by atomic mass is 14.4. The zero-order valence-corrected chi connectivity index (χ0v) is 19.7. The van der Waals surface area contributed by atoms with Gasteiger partial charge in [-0.05, 0) is 132 Å². The first-order valence-electron chi connectivity index (χ1n) is 13.3. The molecule has 0 spiro atoms. The third-order valence-electron chi connectivity index (χ3n) is 10.2. The van der Waals surface area contributed by atoms with Crippen molar-refractivity contribution in [1.82, 2.24) is 0 Å². The van der Waals surface area contributed by atoms with Gasteiger partial charge in [-0.15, -0.1) is 0 Å². The lowest BCUT2D eigenvalue weighted by atomic mass is 9.64. The highest BCUT2D eigenvalue weighted by Gasteiger charge is 2.39. The highest BCUT2D eigenvalue weighted by Crippen LogP contribution is 2.62. The fourth-order valence-corrected chi connectivity index (χ4v) is 8.99. The SMILES string of the molecule is c1cc2ccc3cc4ccc5ccc6cc7ccc8ccc9cc1c1c%10c9c8c7c7c6c5c4c(c3c21)C%107. The lowest BCUT2D eigenvalue weighted by molar-refractivity contribution is 1.04. The van der Waals surface area contributed by atoms with Crippen LogP contribution in [0.15, 0.2) is 91.0 Å². The second-order valence-electron chi connectivity index (χ2n) is 11.6. The Balaban J connectivity index is 1.65. The molecule has 0 bridgehead atoms. The van der Waals surface area contributed by atoms with Crippen molar-refractivity contribution in [2.45, 2.75) is 5.92 Å². The Bertz CT molecular complexity index is 2260. The second-order valence-corrected chi connectivity index (χ2v) is 11.6. The Morgan fingerprint density at radius 2 is 0.459 bits per heavy atom. The van der Waals surface area contributed by atoms with E-state index in [1.165, 1.54) is 97.0 Å². The van der Waals surface area contributed by atoms with Crippen LogP contribution in [-0.4, -0.2) is 0 Å². The summed E-state index contributed by atoms with van der Waals surface area (Å²) >= 11 is 0. The second kappa shape index (κ2) is 4.94. The average molecular weight is 461 g/mol. The average Bonchev–Trinajstić information content (AvgIpc) is 2.95. The minimum Gasteiger partial charge on any atom is -0.0537 e. The van der Waals surface area contributed by atoms with Crippen LogP contribution in [0.3, 0.4) is 0 Å². The van der Waals surface area contributed by atoms with E-state index in [1.54, 1.807) is 16.7 Å². The summed E-state index contributed by atoms with van der Waals surface area (Å²) in [4.78, 5) is 0. The molecular formula is C37H16. The van der Waals surface area contributed by atoms with Crippen LogP contribution in [0.1, 0.15) is 22.6 Å². The number of rotatable bonds is 0. The molecule has 12 rings (SSSR count). The van der Waals surface area contributed by atoms with Crippen LogP contribution >= 0.6 is 0 Å². The zero-order chi connectivity index (χ0) is 23.3. The number of hydrogen-bond acceptors (Lipinski definition) is 0. The molecule has 0 radical (unpaired) electrons. The van der Waals surface area contributed by atoms with Crippen LogP contribution in [-0.2, 0) is 0 Å². The number of benzene rings is 9. The van der Waals surface area contributed by atoms with Crippen LogP contribution in [0.25, 0.3) is 97.0 Å². The largest absolute Gasteiger partial charge is 0.0537 e. The zero-order valence-electron chi connectivity index (χ0n) is 19.7. The van der Waals surface area contributed by atoms with Crippen molar-refractivity contribution in [3.8, 4) is 0 Å². The molecule has 0 atom stereocenters. The van der Waals surface area contributed by atoms with Crippen molar-refractivity contribution < 1.29 is 0 Å². The molecule has 0 aromatic heterocycles. The summed E-state index contributed by atoms with van der Waals surface area (Å²) in [6.45, 7) is 0. The lowest BCUT2D eigenvalue weighted by Gasteiger charge is -2.38. The van der Waals surface area contributed by atoms with Crippen molar-refractivity contribution in [1.29, 1.82) is 0 Å². The van der Waals surface area contributed by atoms with Gasteiger partial charge in [-0.3, -0.25) is 0 Å². The Morgan fingerprint density at radius 3 is 0.703 bits per heavy atom. The summed E-state index contributed by atoms with van der Waals surface area (Å²) in [6.07, 6.45) is 0. The quantitative estimate of drug-likeness (QED) is 0.156. The van der Waals surface area contributed by atoms with Gasteiger partial charge in [0.1, 0.15) is 0 Å². The van der Waals surface area contributed by atoms with Crippen LogP contribution in [0.2, 0.25) is 0 Å². The smallest absolute Gasteiger partial charge is 0.0378 e. The molecule has 0 aliphatic heterocycles. The minimum absolute atomic E-state index is 0.282. The van der Waals surface area contributed by atoms with E-state index in [9.17, 15) is 0 Å². The summed E-state index contributed by atoms with van der Waals surface area (Å²) in [5, 5.41) is 25.7. The van der Waals surface area contributed by atoms with Gasteiger partial charge in [0.05, 0.1) is 0 Å². The molecule has 3 aliphatic carbocycles. The normalized spacial score (nSPS) is 14.9. The van der Waals surface area contributed by atoms with Crippen LogP contribution in [0.5, 0.6) is 0 Å². The molecule has 0 saturated heterocycles. The van der Waals surface area contributed by atoms with E-state index in [4.69, 9.17) is 0 Å². The summed E-state index contributed by atoms with van der Waals surface area (Å²) in [5.74, 6) is 0.282. The third-order valence-corrected chi connectivity index (χ3v) is 10.2. The Hall–Kier alpha value is -4.68. The summed E-state index contributed by atoms with van der Waals surface area (Å²) in [6, 6.07) is 35.6. The van der Waals surface area contributed by atoms with Gasteiger partial charge in [0.15, 0.2) is 0 Å². The minimum atomic E-state index is 0.282. The van der Waals surface area contributed by atoms with Crippen molar-refractivity contribution in [2.75, 3.05) is 0 Å². The Labute approximate surface area is 210 Å². The molecule has 9 aromatic rings. The molecule has 164 valence electrons. The molecular weight excluding hydrogens is 444 g/mol. The van der Waals surface area contributed by atoms with Gasteiger partial charge >= 0.3 is 0 Å². The van der Waals surface area contributed by atoms with E-state index in [2.05, 4.69) is 91.0 Å². The molecule has 0 N–H and O–H groups in total. The Kier molecular flexibility index (Phi) is 2.26. The molecule has 0 saturated carbocycles. The first-order chi connectivity index (χ1) is 18.3. The van der Waals surface area contributed by atoms with Gasteiger partial charge in [-0.1, -0.05) is 72.8 Å². The molecule has 37 heavy (non-hydrogen) atoms. The summed E-state index contributed by atoms with van der Waals surface area (Å²) in [7, 11) is 0. The molecule has 0 heterocycles. The summed E-state index contributed by atoms with van der Waals surface area (Å²) in [5.41, 5.74) is 4.70. The van der Waals surface area contributed by atoms with Crippen molar-refractivity contribution in [2.24, 2.45) is 0 Å². The van der Waals surface area contributed by atoms with E-state index < -0.39 is 0 Å². The maximum absolute atomic E-state index is 2.45. The van der Waals surface area contributed by atoms with Crippen LogP contribution in [0.4, 0.5) is 0 Å². The van der Waals surface area contributed by atoms with Crippen LogP contribution in [0, 0.1) is 0 Å². The molecule has 0 nitrogen and oxygen atoms in total. The van der Waals surface area contributed by atoms with E-state index in [0.717, 1.165) is 0 Å². The van der Waals surface area contributed by atoms with Crippen molar-refractivity contribution in [3.63, 3.8) is 0 Å². The van der Waals surface area contributed by atoms with Crippen LogP contribution < -0.4 is 0 Å². The van der Waals surface area contributed by atoms with Gasteiger partial charge in [-0.2, -0.15) is 0 Å². The van der Waals surface area contributed by atoms with Gasteiger partial charge < -0.3 is 0 Å². The van der Waals surface area contributed by atoms with E-state index in [1.807, 2.05) is 0 Å². The van der Waals surface area contributed by atoms with Gasteiger partial charge in [0.2, 0.25) is 0 Å². The molecule has 0 heteroatoms. The fraction of sp³-hybridized carbons (Fsp3) is 0.0270. The molecule has 9 aromatic carbocycles. The predicted octanol–water partition coefficient (Wildman–Crippen LogP) is 10.2. The van der Waals surface area contributed by atoms with Gasteiger partial charge in [-0.25, -0.2) is 0 Å². The fourth-order valence-electron chi connectivity index (χ4n) is 8.99. The molecule has 0 unspecified atom stereocenters. The third kappa shape index (κ3) is 1.51. The number of hydrogen-bond donors (Lipinski definition) is 0. The van der Waals surface area contributed by atoms with Gasteiger partial charge in [0, 0.05) is 5.92 Å². The molecule has 0 amide bonds. The van der Waals surface area contributed by atoms with E-state index >= 15 is 0 Å². The van der Waals surface area contributed by atoms with E-state index in [0.29, 0.717) is 0 Å². The Morgan fingerprint density at radius 1 is 0.243 bits per heavy atom. The maximum atomic E-state index is 2.45.